The summed E-state index contributed by atoms with van der Waals surface area (Å²) in [6.07, 6.45) is 3.57. The molecule has 7 nitrogen and oxygen atoms in total. The Morgan fingerprint density at radius 2 is 1.90 bits per heavy atom. The maximum atomic E-state index is 13.3. The van der Waals surface area contributed by atoms with Gasteiger partial charge in [0.25, 0.3) is 11.5 Å². The predicted octanol–water partition coefficient (Wildman–Crippen LogP) is 3.08. The van der Waals surface area contributed by atoms with Crippen molar-refractivity contribution in [3.63, 3.8) is 0 Å². The van der Waals surface area contributed by atoms with Gasteiger partial charge < -0.3 is 24.1 Å². The highest BCUT2D eigenvalue weighted by molar-refractivity contribution is 5.95. The summed E-state index contributed by atoms with van der Waals surface area (Å²) < 4.78 is 18.2. The number of aryl methyl sites for hydroxylation is 3. The van der Waals surface area contributed by atoms with E-state index in [1.165, 1.54) is 0 Å². The number of nitrogens with one attached hydrogen (secondary N) is 1. The maximum absolute atomic E-state index is 13.3. The number of rotatable bonds is 6. The fourth-order valence-corrected chi connectivity index (χ4v) is 4.74. The quantitative estimate of drug-likeness (QED) is 0.768. The molecule has 0 unspecified atom stereocenters. The van der Waals surface area contributed by atoms with Crippen molar-refractivity contribution in [2.24, 2.45) is 0 Å². The Balaban J connectivity index is 1.61. The van der Waals surface area contributed by atoms with Crippen molar-refractivity contribution in [1.82, 2.24) is 9.88 Å². The van der Waals surface area contributed by atoms with Crippen molar-refractivity contribution in [3.05, 3.63) is 56.5 Å². The van der Waals surface area contributed by atoms with Crippen LogP contribution in [0.2, 0.25) is 0 Å². The van der Waals surface area contributed by atoms with Gasteiger partial charge in [-0.1, -0.05) is 0 Å². The molecular weight excluding hydrogens is 396 g/mol. The molecule has 2 aromatic rings. The molecule has 4 rings (SSSR count). The Bertz CT molecular complexity index is 1050. The van der Waals surface area contributed by atoms with Crippen molar-refractivity contribution < 1.29 is 19.0 Å². The summed E-state index contributed by atoms with van der Waals surface area (Å²) in [6, 6.07) is 5.62. The molecule has 1 aliphatic carbocycles. The van der Waals surface area contributed by atoms with Crippen molar-refractivity contribution in [3.8, 4) is 11.5 Å². The third kappa shape index (κ3) is 4.06. The number of amides is 1. The van der Waals surface area contributed by atoms with Crippen molar-refractivity contribution in [2.75, 3.05) is 20.8 Å². The van der Waals surface area contributed by atoms with Crippen molar-refractivity contribution in [1.29, 1.82) is 0 Å². The predicted molar refractivity (Wildman–Crippen MR) is 117 cm³/mol. The van der Waals surface area contributed by atoms with Crippen LogP contribution in [0.5, 0.6) is 11.5 Å². The van der Waals surface area contributed by atoms with Crippen molar-refractivity contribution >= 4 is 5.91 Å². The van der Waals surface area contributed by atoms with E-state index in [0.29, 0.717) is 23.6 Å². The molecule has 0 bridgehead atoms. The number of hydrogen-bond acceptors (Lipinski definition) is 5. The molecule has 7 heteroatoms. The third-order valence-corrected chi connectivity index (χ3v) is 6.37. The molecule has 2 heterocycles. The fourth-order valence-electron chi connectivity index (χ4n) is 4.74. The van der Waals surface area contributed by atoms with Gasteiger partial charge in [-0.15, -0.1) is 0 Å². The standard InChI is InChI=1S/C24H30N2O5/c1-14-10-15(2)26(13-17-6-5-9-31-17)24(28)22(14)23(27)25-19-8-7-16-11-20(29-3)21(30-4)12-18(16)19/h10-12,17,19H,5-9,13H2,1-4H3,(H,25,27)/t17-,19-/m1/s1. The Labute approximate surface area is 182 Å². The summed E-state index contributed by atoms with van der Waals surface area (Å²) in [5.41, 5.74) is 3.62. The Hall–Kier alpha value is -2.80. The second-order valence-corrected chi connectivity index (χ2v) is 8.37. The molecule has 0 saturated carbocycles. The number of carbonyl (C=O) groups is 1. The van der Waals surface area contributed by atoms with Crippen LogP contribution in [0.1, 0.15) is 58.0 Å². The van der Waals surface area contributed by atoms with Gasteiger partial charge in [-0.3, -0.25) is 9.59 Å². The normalized spacial score (nSPS) is 19.9. The van der Waals surface area contributed by atoms with E-state index in [9.17, 15) is 9.59 Å². The SMILES string of the molecule is COc1cc2c(cc1OC)[C@H](NC(=O)c1c(C)cc(C)n(C[C@H]3CCCO3)c1=O)CC2. The zero-order valence-corrected chi connectivity index (χ0v) is 18.6. The monoisotopic (exact) mass is 426 g/mol. The van der Waals surface area contributed by atoms with Crippen LogP contribution in [-0.2, 0) is 17.7 Å². The van der Waals surface area contributed by atoms with Gasteiger partial charge in [-0.05, 0) is 74.4 Å². The molecule has 1 aliphatic heterocycles. The zero-order valence-electron chi connectivity index (χ0n) is 18.6. The lowest BCUT2D eigenvalue weighted by Crippen LogP contribution is -2.37. The molecule has 1 fully saturated rings. The Kier molecular flexibility index (Phi) is 6.05. The minimum Gasteiger partial charge on any atom is -0.493 e. The minimum atomic E-state index is -0.337. The second kappa shape index (κ2) is 8.75. The summed E-state index contributed by atoms with van der Waals surface area (Å²) in [7, 11) is 3.21. The lowest BCUT2D eigenvalue weighted by molar-refractivity contribution is 0.0916. The van der Waals surface area contributed by atoms with E-state index >= 15 is 0 Å². The molecule has 1 N–H and O–H groups in total. The number of fused-ring (bicyclic) bond motifs is 1. The average Bonchev–Trinajstić information content (AvgIpc) is 3.39. The van der Waals surface area contributed by atoms with Crippen LogP contribution in [0.15, 0.2) is 23.0 Å². The summed E-state index contributed by atoms with van der Waals surface area (Å²) in [5, 5.41) is 3.08. The molecule has 1 saturated heterocycles. The third-order valence-electron chi connectivity index (χ3n) is 6.37. The number of methoxy groups -OCH3 is 2. The number of ether oxygens (including phenoxy) is 3. The number of carbonyl (C=O) groups excluding carboxylic acids is 1. The van der Waals surface area contributed by atoms with Gasteiger partial charge in [-0.25, -0.2) is 0 Å². The molecule has 1 amide bonds. The van der Waals surface area contributed by atoms with Crippen LogP contribution in [0.25, 0.3) is 0 Å². The number of hydrogen-bond donors (Lipinski definition) is 1. The van der Waals surface area contributed by atoms with Gasteiger partial charge in [0.2, 0.25) is 0 Å². The number of pyridine rings is 1. The summed E-state index contributed by atoms with van der Waals surface area (Å²) in [6.45, 7) is 4.93. The summed E-state index contributed by atoms with van der Waals surface area (Å²) >= 11 is 0. The number of aromatic nitrogens is 1. The van der Waals surface area contributed by atoms with E-state index in [0.717, 1.165) is 49.1 Å². The molecule has 1 aromatic carbocycles. The summed E-state index contributed by atoms with van der Waals surface area (Å²) in [4.78, 5) is 26.5. The first-order valence-electron chi connectivity index (χ1n) is 10.8. The molecular formula is C24H30N2O5. The highest BCUT2D eigenvalue weighted by atomic mass is 16.5. The van der Waals surface area contributed by atoms with Gasteiger partial charge in [0, 0.05) is 12.3 Å². The topological polar surface area (TPSA) is 78.8 Å². The molecule has 166 valence electrons. The first kappa shape index (κ1) is 21.4. The molecule has 2 atom stereocenters. The van der Waals surface area contributed by atoms with E-state index in [-0.39, 0.29) is 29.2 Å². The largest absolute Gasteiger partial charge is 0.493 e. The Morgan fingerprint density at radius 1 is 1.16 bits per heavy atom. The highest BCUT2D eigenvalue weighted by Gasteiger charge is 2.29. The Morgan fingerprint density at radius 3 is 2.58 bits per heavy atom. The molecule has 1 aromatic heterocycles. The maximum Gasteiger partial charge on any atom is 0.263 e. The zero-order chi connectivity index (χ0) is 22.1. The molecule has 31 heavy (non-hydrogen) atoms. The highest BCUT2D eigenvalue weighted by Crippen LogP contribution is 2.39. The lowest BCUT2D eigenvalue weighted by atomic mass is 10.0. The molecule has 2 aliphatic rings. The van der Waals surface area contributed by atoms with Crippen LogP contribution < -0.4 is 20.3 Å². The van der Waals surface area contributed by atoms with Gasteiger partial charge in [-0.2, -0.15) is 0 Å². The van der Waals surface area contributed by atoms with E-state index in [1.54, 1.807) is 18.8 Å². The smallest absolute Gasteiger partial charge is 0.263 e. The number of nitrogens with zero attached hydrogens (tertiary/aromatic N) is 1. The fraction of sp³-hybridized carbons (Fsp3) is 0.500. The van der Waals surface area contributed by atoms with Crippen molar-refractivity contribution in [2.45, 2.75) is 58.2 Å². The minimum absolute atomic E-state index is 0.0270. The second-order valence-electron chi connectivity index (χ2n) is 8.37. The van der Waals surface area contributed by atoms with Crippen LogP contribution in [0.3, 0.4) is 0 Å². The average molecular weight is 427 g/mol. The van der Waals surface area contributed by atoms with E-state index < -0.39 is 0 Å². The molecule has 0 spiro atoms. The van der Waals surface area contributed by atoms with Crippen LogP contribution in [0, 0.1) is 13.8 Å². The van der Waals surface area contributed by atoms with Crippen LogP contribution >= 0.6 is 0 Å². The summed E-state index contributed by atoms with van der Waals surface area (Å²) in [5.74, 6) is 0.976. The lowest BCUT2D eigenvalue weighted by Gasteiger charge is -2.19. The van der Waals surface area contributed by atoms with Gasteiger partial charge >= 0.3 is 0 Å². The number of benzene rings is 1. The first-order valence-corrected chi connectivity index (χ1v) is 10.8. The van der Waals surface area contributed by atoms with Gasteiger partial charge in [0.05, 0.1) is 32.9 Å². The van der Waals surface area contributed by atoms with E-state index in [2.05, 4.69) is 5.32 Å². The van der Waals surface area contributed by atoms with E-state index in [4.69, 9.17) is 14.2 Å². The van der Waals surface area contributed by atoms with Gasteiger partial charge in [0.1, 0.15) is 5.56 Å². The van der Waals surface area contributed by atoms with E-state index in [1.807, 2.05) is 32.0 Å². The van der Waals surface area contributed by atoms with Crippen LogP contribution in [0.4, 0.5) is 0 Å². The first-order chi connectivity index (χ1) is 14.9. The van der Waals surface area contributed by atoms with Gasteiger partial charge in [0.15, 0.2) is 11.5 Å². The van der Waals surface area contributed by atoms with Crippen LogP contribution in [-0.4, -0.2) is 37.4 Å². The molecule has 0 radical (unpaired) electrons.